The summed E-state index contributed by atoms with van der Waals surface area (Å²) in [5, 5.41) is 17.6. The number of halogens is 1. The first kappa shape index (κ1) is 15.9. The minimum atomic E-state index is -0.968. The van der Waals surface area contributed by atoms with Gasteiger partial charge in [-0.15, -0.1) is 0 Å². The van der Waals surface area contributed by atoms with Crippen LogP contribution >= 0.6 is 0 Å². The van der Waals surface area contributed by atoms with Gasteiger partial charge in [0.05, 0.1) is 11.6 Å². The molecular formula is C14H18FNO4. The lowest BCUT2D eigenvalue weighted by Crippen LogP contribution is -2.33. The van der Waals surface area contributed by atoms with Crippen LogP contribution < -0.4 is 4.90 Å². The fraction of sp³-hybridized carbons (Fsp3) is 0.429. The maximum Gasteiger partial charge on any atom is 0.308 e. The molecule has 1 unspecified atom stereocenters. The maximum atomic E-state index is 13.8. The molecule has 0 aliphatic rings. The molecule has 0 aromatic heterocycles. The summed E-state index contributed by atoms with van der Waals surface area (Å²) in [5.41, 5.74) is 0.297. The van der Waals surface area contributed by atoms with Crippen molar-refractivity contribution in [2.24, 2.45) is 5.92 Å². The van der Waals surface area contributed by atoms with Gasteiger partial charge < -0.3 is 15.1 Å². The van der Waals surface area contributed by atoms with E-state index in [9.17, 15) is 14.0 Å². The van der Waals surface area contributed by atoms with E-state index in [1.54, 1.807) is 23.1 Å². The molecule has 110 valence electrons. The highest BCUT2D eigenvalue weighted by Crippen LogP contribution is 2.20. The van der Waals surface area contributed by atoms with Crippen LogP contribution in [-0.2, 0) is 9.59 Å². The van der Waals surface area contributed by atoms with E-state index in [4.69, 9.17) is 10.2 Å². The molecular weight excluding hydrogens is 265 g/mol. The van der Waals surface area contributed by atoms with Gasteiger partial charge in [0.25, 0.3) is 0 Å². The van der Waals surface area contributed by atoms with Gasteiger partial charge in [0.1, 0.15) is 5.82 Å². The van der Waals surface area contributed by atoms with Gasteiger partial charge in [-0.05, 0) is 18.6 Å². The molecule has 5 nitrogen and oxygen atoms in total. The van der Waals surface area contributed by atoms with E-state index in [2.05, 4.69) is 0 Å². The van der Waals surface area contributed by atoms with Gasteiger partial charge in [0, 0.05) is 19.5 Å². The number of aliphatic carboxylic acids is 2. The van der Waals surface area contributed by atoms with E-state index >= 15 is 0 Å². The summed E-state index contributed by atoms with van der Waals surface area (Å²) >= 11 is 0. The Bertz CT molecular complexity index is 478. The summed E-state index contributed by atoms with van der Waals surface area (Å²) < 4.78 is 13.8. The lowest BCUT2D eigenvalue weighted by Gasteiger charge is -2.26. The normalized spacial score (nSPS) is 11.9. The Balaban J connectivity index is 2.81. The van der Waals surface area contributed by atoms with Crippen LogP contribution in [-0.4, -0.2) is 35.2 Å². The van der Waals surface area contributed by atoms with Gasteiger partial charge in [-0.25, -0.2) is 4.39 Å². The third-order valence-corrected chi connectivity index (χ3v) is 2.93. The molecule has 0 fully saturated rings. The smallest absolute Gasteiger partial charge is 0.308 e. The van der Waals surface area contributed by atoms with Crippen LogP contribution in [0.2, 0.25) is 0 Å². The summed E-state index contributed by atoms with van der Waals surface area (Å²) in [5.74, 6) is -3.01. The standard InChI is InChI=1S/C14H18FNO4/c1-10(14(19)20)9-16(8-4-7-13(17)18)12-6-3-2-5-11(12)15/h2-3,5-6,10H,4,7-9H2,1H3,(H,17,18)(H,19,20). The van der Waals surface area contributed by atoms with Crippen molar-refractivity contribution in [1.29, 1.82) is 0 Å². The Kier molecular flexibility index (Phi) is 5.96. The molecule has 1 atom stereocenters. The molecule has 0 aliphatic carbocycles. The number of hydrogen-bond donors (Lipinski definition) is 2. The minimum Gasteiger partial charge on any atom is -0.481 e. The molecule has 1 rings (SSSR count). The molecule has 0 saturated heterocycles. The molecule has 1 aromatic carbocycles. The van der Waals surface area contributed by atoms with Crippen LogP contribution in [0.5, 0.6) is 0 Å². The van der Waals surface area contributed by atoms with E-state index in [-0.39, 0.29) is 13.0 Å². The number of benzene rings is 1. The van der Waals surface area contributed by atoms with E-state index in [0.717, 1.165) is 0 Å². The van der Waals surface area contributed by atoms with Gasteiger partial charge in [0.2, 0.25) is 0 Å². The van der Waals surface area contributed by atoms with Crippen molar-refractivity contribution in [1.82, 2.24) is 0 Å². The van der Waals surface area contributed by atoms with E-state index in [1.165, 1.54) is 13.0 Å². The zero-order chi connectivity index (χ0) is 15.1. The third kappa shape index (κ3) is 4.87. The molecule has 2 N–H and O–H groups in total. The Hall–Kier alpha value is -2.11. The first-order valence-corrected chi connectivity index (χ1v) is 6.36. The first-order chi connectivity index (χ1) is 9.41. The van der Waals surface area contributed by atoms with Crippen molar-refractivity contribution < 1.29 is 24.2 Å². The lowest BCUT2D eigenvalue weighted by molar-refractivity contribution is -0.141. The van der Waals surface area contributed by atoms with E-state index in [1.807, 2.05) is 0 Å². The van der Waals surface area contributed by atoms with Crippen LogP contribution in [0.3, 0.4) is 0 Å². The summed E-state index contributed by atoms with van der Waals surface area (Å²) in [7, 11) is 0. The number of carboxylic acids is 2. The molecule has 20 heavy (non-hydrogen) atoms. The number of anilines is 1. The lowest BCUT2D eigenvalue weighted by atomic mass is 10.1. The van der Waals surface area contributed by atoms with Crippen molar-refractivity contribution in [3.63, 3.8) is 0 Å². The highest BCUT2D eigenvalue weighted by molar-refractivity contribution is 5.70. The average molecular weight is 283 g/mol. The SMILES string of the molecule is CC(CN(CCCC(=O)O)c1ccccc1F)C(=O)O. The summed E-state index contributed by atoms with van der Waals surface area (Å²) in [4.78, 5) is 23.0. The molecule has 0 heterocycles. The summed E-state index contributed by atoms with van der Waals surface area (Å²) in [6.07, 6.45) is 0.294. The molecule has 0 radical (unpaired) electrons. The predicted molar refractivity (Wildman–Crippen MR) is 72.3 cm³/mol. The van der Waals surface area contributed by atoms with Crippen molar-refractivity contribution in [2.75, 3.05) is 18.0 Å². The Labute approximate surface area is 116 Å². The third-order valence-electron chi connectivity index (χ3n) is 2.93. The highest BCUT2D eigenvalue weighted by Gasteiger charge is 2.18. The number of carboxylic acid groups (broad SMARTS) is 2. The fourth-order valence-corrected chi connectivity index (χ4v) is 1.85. The van der Waals surface area contributed by atoms with Crippen LogP contribution in [0.4, 0.5) is 10.1 Å². The number of nitrogens with zero attached hydrogens (tertiary/aromatic N) is 1. The van der Waals surface area contributed by atoms with Crippen molar-refractivity contribution in [2.45, 2.75) is 19.8 Å². The molecule has 0 saturated carbocycles. The van der Waals surface area contributed by atoms with Gasteiger partial charge in [-0.3, -0.25) is 9.59 Å². The van der Waals surface area contributed by atoms with Crippen molar-refractivity contribution >= 4 is 17.6 Å². The summed E-state index contributed by atoms with van der Waals surface area (Å²) in [6, 6.07) is 6.07. The Morgan fingerprint density at radius 2 is 1.95 bits per heavy atom. The monoisotopic (exact) mass is 283 g/mol. The number of hydrogen-bond acceptors (Lipinski definition) is 3. The molecule has 0 amide bonds. The van der Waals surface area contributed by atoms with Crippen molar-refractivity contribution in [3.8, 4) is 0 Å². The van der Waals surface area contributed by atoms with Gasteiger partial charge in [-0.2, -0.15) is 0 Å². The van der Waals surface area contributed by atoms with Crippen LogP contribution in [0.25, 0.3) is 0 Å². The number of para-hydroxylation sites is 1. The van der Waals surface area contributed by atoms with E-state index < -0.39 is 23.7 Å². The minimum absolute atomic E-state index is 0.0353. The molecule has 0 bridgehead atoms. The molecule has 6 heteroatoms. The number of rotatable bonds is 8. The topological polar surface area (TPSA) is 77.8 Å². The van der Waals surface area contributed by atoms with Crippen LogP contribution in [0.15, 0.2) is 24.3 Å². The largest absolute Gasteiger partial charge is 0.481 e. The number of carbonyl (C=O) groups is 2. The Morgan fingerprint density at radius 3 is 2.50 bits per heavy atom. The maximum absolute atomic E-state index is 13.8. The average Bonchev–Trinajstić information content (AvgIpc) is 2.37. The second-order valence-electron chi connectivity index (χ2n) is 4.63. The molecule has 0 aliphatic heterocycles. The van der Waals surface area contributed by atoms with Crippen LogP contribution in [0.1, 0.15) is 19.8 Å². The fourth-order valence-electron chi connectivity index (χ4n) is 1.85. The first-order valence-electron chi connectivity index (χ1n) is 6.36. The van der Waals surface area contributed by atoms with E-state index in [0.29, 0.717) is 18.7 Å². The summed E-state index contributed by atoms with van der Waals surface area (Å²) in [6.45, 7) is 1.97. The second kappa shape index (κ2) is 7.47. The zero-order valence-corrected chi connectivity index (χ0v) is 11.3. The quantitative estimate of drug-likeness (QED) is 0.765. The second-order valence-corrected chi connectivity index (χ2v) is 4.63. The van der Waals surface area contributed by atoms with Crippen molar-refractivity contribution in [3.05, 3.63) is 30.1 Å². The predicted octanol–water partition coefficient (Wildman–Crippen LogP) is 2.22. The zero-order valence-electron chi connectivity index (χ0n) is 11.3. The van der Waals surface area contributed by atoms with Gasteiger partial charge >= 0.3 is 11.9 Å². The molecule has 1 aromatic rings. The van der Waals surface area contributed by atoms with Gasteiger partial charge in [0.15, 0.2) is 0 Å². The highest BCUT2D eigenvalue weighted by atomic mass is 19.1. The van der Waals surface area contributed by atoms with Crippen LogP contribution in [0, 0.1) is 11.7 Å². The van der Waals surface area contributed by atoms with Gasteiger partial charge in [-0.1, -0.05) is 19.1 Å². The Morgan fingerprint density at radius 1 is 1.30 bits per heavy atom. The molecule has 0 spiro atoms.